The van der Waals surface area contributed by atoms with Gasteiger partial charge >= 0.3 is 0 Å². The lowest BCUT2D eigenvalue weighted by Crippen LogP contribution is -2.53. The van der Waals surface area contributed by atoms with Crippen molar-refractivity contribution < 1.29 is 9.90 Å². The van der Waals surface area contributed by atoms with Crippen LogP contribution in [0.5, 0.6) is 0 Å². The van der Waals surface area contributed by atoms with E-state index in [1.54, 1.807) is 11.8 Å². The Labute approximate surface area is 91.1 Å². The van der Waals surface area contributed by atoms with Gasteiger partial charge in [0.25, 0.3) is 5.91 Å². The zero-order valence-electron chi connectivity index (χ0n) is 7.67. The molecule has 0 fully saturated rings. The van der Waals surface area contributed by atoms with E-state index in [9.17, 15) is 4.79 Å². The molecule has 1 amide bonds. The minimum absolute atomic E-state index is 0.00435. The number of hydrogen-bond donors (Lipinski definition) is 2. The number of amides is 1. The molecule has 1 unspecified atom stereocenters. The fourth-order valence-corrected chi connectivity index (χ4v) is 2.02. The van der Waals surface area contributed by atoms with E-state index in [4.69, 9.17) is 5.11 Å². The highest BCUT2D eigenvalue weighted by Crippen LogP contribution is 2.16. The first-order valence-corrected chi connectivity index (χ1v) is 5.56. The molecule has 0 bridgehead atoms. The number of alkyl halides is 1. The van der Waals surface area contributed by atoms with E-state index in [0.717, 1.165) is 11.3 Å². The van der Waals surface area contributed by atoms with Crippen LogP contribution in [0, 0.1) is 0 Å². The van der Waals surface area contributed by atoms with Gasteiger partial charge in [-0.3, -0.25) is 4.79 Å². The molecular weight excluding hydrogens is 283 g/mol. The van der Waals surface area contributed by atoms with Crippen molar-refractivity contribution in [3.8, 4) is 0 Å². The van der Waals surface area contributed by atoms with Gasteiger partial charge in [0, 0.05) is 11.3 Å². The maximum atomic E-state index is 11.6. The number of hydrogen-bond acceptors (Lipinski definition) is 3. The molecule has 1 atom stereocenters. The average Bonchev–Trinajstić information content (AvgIpc) is 2.13. The molecule has 0 aromatic carbocycles. The van der Waals surface area contributed by atoms with Crippen molar-refractivity contribution in [2.75, 3.05) is 11.2 Å². The molecule has 0 saturated heterocycles. The van der Waals surface area contributed by atoms with Crippen LogP contribution in [0.1, 0.15) is 13.8 Å². The van der Waals surface area contributed by atoms with Gasteiger partial charge in [-0.1, -0.05) is 22.6 Å². The number of carbonyl (C=O) groups excluding carboxylic acids is 1. The third kappa shape index (κ3) is 1.96. The molecule has 1 rings (SSSR count). The molecule has 0 radical (unpaired) electrons. The lowest BCUT2D eigenvalue weighted by molar-refractivity contribution is -0.130. The van der Waals surface area contributed by atoms with Crippen molar-refractivity contribution >= 4 is 28.5 Å². The molecule has 0 aliphatic carbocycles. The fourth-order valence-electron chi connectivity index (χ4n) is 1.24. The predicted molar refractivity (Wildman–Crippen MR) is 58.1 cm³/mol. The second-order valence-electron chi connectivity index (χ2n) is 2.99. The summed E-state index contributed by atoms with van der Waals surface area (Å²) in [6, 6.07) is 0. The molecule has 0 aromatic heterocycles. The van der Waals surface area contributed by atoms with Crippen LogP contribution in [0.25, 0.3) is 0 Å². The number of nitrogens with zero attached hydrogens (tertiary/aromatic N) is 1. The highest BCUT2D eigenvalue weighted by atomic mass is 127. The Morgan fingerprint density at radius 1 is 1.62 bits per heavy atom. The summed E-state index contributed by atoms with van der Waals surface area (Å²) in [4.78, 5) is 13.3. The molecule has 1 aliphatic heterocycles. The molecular formula is C8H13IN2O2. The lowest BCUT2D eigenvalue weighted by Gasteiger charge is -2.35. The smallest absolute Gasteiger partial charge is 0.253 e. The Morgan fingerprint density at radius 3 is 2.69 bits per heavy atom. The third-order valence-electron chi connectivity index (χ3n) is 2.21. The number of nitrogens with one attached hydrogen (secondary N) is 1. The standard InChI is InChI=1S/C8H13IN2O2/c1-5-6(2)10-7(3-12)11(4-9)8(5)13/h7,10,12H,3-4H2,1-2H3. The first-order valence-electron chi connectivity index (χ1n) is 4.03. The molecule has 0 aromatic rings. The molecule has 13 heavy (non-hydrogen) atoms. The Balaban J connectivity index is 2.93. The van der Waals surface area contributed by atoms with E-state index >= 15 is 0 Å². The van der Waals surface area contributed by atoms with Crippen molar-refractivity contribution in [2.24, 2.45) is 0 Å². The third-order valence-corrected chi connectivity index (χ3v) is 2.94. The number of halogens is 1. The molecule has 0 saturated carbocycles. The van der Waals surface area contributed by atoms with E-state index in [2.05, 4.69) is 27.9 Å². The SMILES string of the molecule is CC1=C(C)C(=O)N(CI)C(CO)N1. The molecule has 4 nitrogen and oxygen atoms in total. The fraction of sp³-hybridized carbons (Fsp3) is 0.625. The first-order chi connectivity index (χ1) is 6.11. The normalized spacial score (nSPS) is 23.5. The van der Waals surface area contributed by atoms with Crippen molar-refractivity contribution in [3.05, 3.63) is 11.3 Å². The maximum Gasteiger partial charge on any atom is 0.253 e. The average molecular weight is 296 g/mol. The first kappa shape index (κ1) is 10.8. The van der Waals surface area contributed by atoms with Crippen molar-refractivity contribution in [1.82, 2.24) is 10.2 Å². The van der Waals surface area contributed by atoms with Gasteiger partial charge in [-0.2, -0.15) is 0 Å². The zero-order valence-corrected chi connectivity index (χ0v) is 9.83. The molecule has 1 heterocycles. The van der Waals surface area contributed by atoms with Crippen LogP contribution in [0.2, 0.25) is 0 Å². The lowest BCUT2D eigenvalue weighted by atomic mass is 10.1. The number of allylic oxidation sites excluding steroid dienone is 1. The van der Waals surface area contributed by atoms with Gasteiger partial charge in [0.2, 0.25) is 0 Å². The van der Waals surface area contributed by atoms with Gasteiger partial charge < -0.3 is 15.3 Å². The summed E-state index contributed by atoms with van der Waals surface area (Å²) >= 11 is 2.11. The Hall–Kier alpha value is -0.300. The number of rotatable bonds is 2. The number of aliphatic hydroxyl groups is 1. The summed E-state index contributed by atoms with van der Waals surface area (Å²) < 4.78 is 0.583. The molecule has 5 heteroatoms. The van der Waals surface area contributed by atoms with E-state index in [-0.39, 0.29) is 18.7 Å². The van der Waals surface area contributed by atoms with Crippen LogP contribution in [-0.2, 0) is 4.79 Å². The molecule has 0 spiro atoms. The quantitative estimate of drug-likeness (QED) is 0.441. The summed E-state index contributed by atoms with van der Waals surface area (Å²) in [6.07, 6.45) is -0.270. The van der Waals surface area contributed by atoms with Crippen molar-refractivity contribution in [2.45, 2.75) is 20.0 Å². The van der Waals surface area contributed by atoms with E-state index < -0.39 is 0 Å². The van der Waals surface area contributed by atoms with Crippen LogP contribution in [0.15, 0.2) is 11.3 Å². The number of carbonyl (C=O) groups is 1. The van der Waals surface area contributed by atoms with Gasteiger partial charge in [0.05, 0.1) is 11.2 Å². The summed E-state index contributed by atoms with van der Waals surface area (Å²) in [5.41, 5.74) is 1.58. The Kier molecular flexibility index (Phi) is 3.55. The van der Waals surface area contributed by atoms with E-state index in [0.29, 0.717) is 4.55 Å². The van der Waals surface area contributed by atoms with Gasteiger partial charge in [-0.15, -0.1) is 0 Å². The maximum absolute atomic E-state index is 11.6. The summed E-state index contributed by atoms with van der Waals surface area (Å²) in [5.74, 6) is 0.00435. The summed E-state index contributed by atoms with van der Waals surface area (Å²) in [7, 11) is 0. The second-order valence-corrected chi connectivity index (χ2v) is 3.67. The summed E-state index contributed by atoms with van der Waals surface area (Å²) in [5, 5.41) is 12.1. The second kappa shape index (κ2) is 4.28. The van der Waals surface area contributed by atoms with Crippen LogP contribution >= 0.6 is 22.6 Å². The van der Waals surface area contributed by atoms with Gasteiger partial charge in [0.1, 0.15) is 6.17 Å². The summed E-state index contributed by atoms with van der Waals surface area (Å²) in [6.45, 7) is 3.58. The molecule has 74 valence electrons. The van der Waals surface area contributed by atoms with Crippen LogP contribution in [-0.4, -0.2) is 33.2 Å². The van der Waals surface area contributed by atoms with Crippen LogP contribution < -0.4 is 5.32 Å². The van der Waals surface area contributed by atoms with Crippen LogP contribution in [0.4, 0.5) is 0 Å². The highest BCUT2D eigenvalue weighted by molar-refractivity contribution is 14.1. The topological polar surface area (TPSA) is 52.6 Å². The molecule has 1 aliphatic rings. The van der Waals surface area contributed by atoms with Gasteiger partial charge in [-0.25, -0.2) is 0 Å². The van der Waals surface area contributed by atoms with Crippen molar-refractivity contribution in [1.29, 1.82) is 0 Å². The Bertz CT molecular complexity index is 253. The van der Waals surface area contributed by atoms with Crippen molar-refractivity contribution in [3.63, 3.8) is 0 Å². The number of aliphatic hydroxyl groups excluding tert-OH is 1. The van der Waals surface area contributed by atoms with E-state index in [1.165, 1.54) is 0 Å². The largest absolute Gasteiger partial charge is 0.392 e. The van der Waals surface area contributed by atoms with Crippen LogP contribution in [0.3, 0.4) is 0 Å². The van der Waals surface area contributed by atoms with E-state index in [1.807, 2.05) is 6.92 Å². The highest BCUT2D eigenvalue weighted by Gasteiger charge is 2.28. The minimum atomic E-state index is -0.270. The van der Waals surface area contributed by atoms with Gasteiger partial charge in [-0.05, 0) is 13.8 Å². The minimum Gasteiger partial charge on any atom is -0.392 e. The monoisotopic (exact) mass is 296 g/mol. The molecule has 2 N–H and O–H groups in total. The Morgan fingerprint density at radius 2 is 2.23 bits per heavy atom. The zero-order chi connectivity index (χ0) is 10.0. The van der Waals surface area contributed by atoms with Gasteiger partial charge in [0.15, 0.2) is 0 Å². The predicted octanol–water partition coefficient (Wildman–Crippen LogP) is 0.423.